The van der Waals surface area contributed by atoms with Crippen LogP contribution < -0.4 is 11.2 Å². The van der Waals surface area contributed by atoms with Gasteiger partial charge in [-0.2, -0.15) is 0 Å². The molecule has 120 valence electrons. The molecular weight excluding hydrogens is 353 g/mol. The lowest BCUT2D eigenvalue weighted by molar-refractivity contribution is 0.397. The van der Waals surface area contributed by atoms with Crippen molar-refractivity contribution in [1.29, 1.82) is 0 Å². The molecule has 2 unspecified atom stereocenters. The normalized spacial score (nSPS) is 15.5. The van der Waals surface area contributed by atoms with Crippen molar-refractivity contribution in [2.24, 2.45) is 0 Å². The van der Waals surface area contributed by atoms with Gasteiger partial charge in [0, 0.05) is 18.8 Å². The Bertz CT molecular complexity index is 731. The number of H-pyrrole nitrogens is 1. The molecule has 9 nitrogen and oxygen atoms in total. The van der Waals surface area contributed by atoms with Crippen molar-refractivity contribution in [3.05, 3.63) is 45.3 Å². The Kier molecular flexibility index (Phi) is 7.20. The van der Waals surface area contributed by atoms with Crippen LogP contribution in [0.1, 0.15) is 0 Å². The van der Waals surface area contributed by atoms with Crippen molar-refractivity contribution < 1.29 is 22.3 Å². The second-order valence-corrected chi connectivity index (χ2v) is 8.72. The predicted molar refractivity (Wildman–Crippen MR) is 82.2 cm³/mol. The third kappa shape index (κ3) is 6.69. The molecule has 1 aromatic heterocycles. The van der Waals surface area contributed by atoms with E-state index in [-0.39, 0.29) is 12.7 Å². The standard InChI is InChI=1S/C10H14N2O7P3/c1-20(15)18-22(17,19-21(2)16)8-4-3-6-12-7-5-9(13)11-10(12)14/h3-5,7H,6,8H2,1-2H3/q+1/p+1/b4-3-. The first-order valence-electron chi connectivity index (χ1n) is 5.97. The second kappa shape index (κ2) is 8.42. The molecule has 1 N–H and O–H groups in total. The first-order chi connectivity index (χ1) is 10.2. The Morgan fingerprint density at radius 1 is 1.23 bits per heavy atom. The van der Waals surface area contributed by atoms with Gasteiger partial charge in [0.1, 0.15) is 0 Å². The van der Waals surface area contributed by atoms with Gasteiger partial charge in [0.15, 0.2) is 13.3 Å². The van der Waals surface area contributed by atoms with Crippen molar-refractivity contribution in [3.63, 3.8) is 0 Å². The summed E-state index contributed by atoms with van der Waals surface area (Å²) in [6, 6.07) is 1.19. The Morgan fingerprint density at radius 2 is 1.82 bits per heavy atom. The molecule has 1 heterocycles. The topological polar surface area (TPSA) is 125 Å². The van der Waals surface area contributed by atoms with Crippen molar-refractivity contribution in [2.75, 3.05) is 19.5 Å². The van der Waals surface area contributed by atoms with Crippen LogP contribution in [0.5, 0.6) is 0 Å². The highest BCUT2D eigenvalue weighted by Gasteiger charge is 2.39. The van der Waals surface area contributed by atoms with Gasteiger partial charge in [-0.25, -0.2) is 4.79 Å². The lowest BCUT2D eigenvalue weighted by Gasteiger charge is -2.02. The maximum atomic E-state index is 12.2. The molecule has 0 spiro atoms. The van der Waals surface area contributed by atoms with E-state index in [1.165, 1.54) is 42.3 Å². The zero-order valence-corrected chi connectivity index (χ0v) is 14.6. The maximum Gasteiger partial charge on any atom is 0.513 e. The molecule has 2 atom stereocenters. The highest BCUT2D eigenvalue weighted by atomic mass is 31.3. The van der Waals surface area contributed by atoms with E-state index in [0.29, 0.717) is 0 Å². The quantitative estimate of drug-likeness (QED) is 0.550. The monoisotopic (exact) mass is 368 g/mol. The highest BCUT2D eigenvalue weighted by molar-refractivity contribution is 7.66. The average Bonchev–Trinajstić information content (AvgIpc) is 2.34. The summed E-state index contributed by atoms with van der Waals surface area (Å²) in [6.45, 7) is 2.53. The van der Waals surface area contributed by atoms with Crippen LogP contribution >= 0.6 is 23.7 Å². The van der Waals surface area contributed by atoms with Crippen LogP contribution in [0.25, 0.3) is 0 Å². The molecule has 0 radical (unpaired) electrons. The number of hydrogen-bond acceptors (Lipinski definition) is 7. The van der Waals surface area contributed by atoms with E-state index in [4.69, 9.17) is 8.62 Å². The summed E-state index contributed by atoms with van der Waals surface area (Å²) in [5.41, 5.74) is -1.09. The number of allylic oxidation sites excluding steroid dienone is 2. The molecule has 1 rings (SSSR count). The molecular formula is C10H15N2O7P3+2. The van der Waals surface area contributed by atoms with Crippen molar-refractivity contribution >= 4 is 23.7 Å². The summed E-state index contributed by atoms with van der Waals surface area (Å²) in [6.07, 6.45) is 3.96. The van der Waals surface area contributed by atoms with E-state index < -0.39 is 34.9 Å². The Hall–Kier alpha value is -1.23. The van der Waals surface area contributed by atoms with Crippen LogP contribution in [-0.2, 0) is 28.9 Å². The summed E-state index contributed by atoms with van der Waals surface area (Å²) < 4.78 is 44.9. The number of nitrogens with one attached hydrogen (secondary N) is 1. The average molecular weight is 368 g/mol. The SMILES string of the molecule is C[P+](=O)OP(=O)(C/C=C\Cn1ccc(=O)[nH]c1=O)O[P+](C)=O. The summed E-state index contributed by atoms with van der Waals surface area (Å²) in [5.74, 6) is 0. The molecule has 0 saturated heterocycles. The molecule has 0 fully saturated rings. The molecule has 0 saturated carbocycles. The molecule has 0 aliphatic heterocycles. The molecule has 0 aliphatic rings. The van der Waals surface area contributed by atoms with Gasteiger partial charge >= 0.3 is 29.3 Å². The first kappa shape index (κ1) is 18.8. The van der Waals surface area contributed by atoms with Crippen LogP contribution in [0.4, 0.5) is 0 Å². The van der Waals surface area contributed by atoms with Crippen LogP contribution in [-0.4, -0.2) is 29.0 Å². The van der Waals surface area contributed by atoms with E-state index in [0.717, 1.165) is 0 Å². The number of hydrogen-bond donors (Lipinski definition) is 1. The maximum absolute atomic E-state index is 12.2. The third-order valence-corrected chi connectivity index (χ3v) is 6.66. The van der Waals surface area contributed by atoms with E-state index in [2.05, 4.69) is 4.98 Å². The minimum absolute atomic E-state index is 0.117. The summed E-state index contributed by atoms with van der Waals surface area (Å²) in [5, 5.41) is 0. The minimum atomic E-state index is -3.77. The van der Waals surface area contributed by atoms with Gasteiger partial charge in [-0.1, -0.05) is 20.8 Å². The fraction of sp³-hybridized carbons (Fsp3) is 0.400. The van der Waals surface area contributed by atoms with Crippen molar-refractivity contribution in [2.45, 2.75) is 6.54 Å². The Balaban J connectivity index is 2.74. The third-order valence-electron chi connectivity index (χ3n) is 2.17. The zero-order chi connectivity index (χ0) is 16.8. The van der Waals surface area contributed by atoms with E-state index in [9.17, 15) is 23.3 Å². The second-order valence-electron chi connectivity index (χ2n) is 4.07. The number of rotatable bonds is 8. The van der Waals surface area contributed by atoms with Crippen LogP contribution in [0, 0.1) is 0 Å². The number of aromatic nitrogens is 2. The molecule has 1 aromatic rings. The predicted octanol–water partition coefficient (Wildman–Crippen LogP) is 2.06. The van der Waals surface area contributed by atoms with Gasteiger partial charge in [0.05, 0.1) is 6.16 Å². The van der Waals surface area contributed by atoms with Crippen molar-refractivity contribution in [1.82, 2.24) is 9.55 Å². The number of aromatic amines is 1. The van der Waals surface area contributed by atoms with E-state index >= 15 is 0 Å². The summed E-state index contributed by atoms with van der Waals surface area (Å²) >= 11 is 0. The highest BCUT2D eigenvalue weighted by Crippen LogP contribution is 2.59. The van der Waals surface area contributed by atoms with Gasteiger partial charge in [-0.3, -0.25) is 18.9 Å². The molecule has 12 heteroatoms. The zero-order valence-electron chi connectivity index (χ0n) is 11.9. The van der Waals surface area contributed by atoms with E-state index in [1.807, 2.05) is 0 Å². The van der Waals surface area contributed by atoms with Gasteiger partial charge in [0.25, 0.3) is 5.56 Å². The molecule has 0 bridgehead atoms. The molecule has 0 aromatic carbocycles. The fourth-order valence-corrected chi connectivity index (χ4v) is 5.54. The Morgan fingerprint density at radius 3 is 2.32 bits per heavy atom. The van der Waals surface area contributed by atoms with Crippen molar-refractivity contribution in [3.8, 4) is 0 Å². The van der Waals surface area contributed by atoms with Gasteiger partial charge in [0.2, 0.25) is 0 Å². The lowest BCUT2D eigenvalue weighted by Crippen LogP contribution is -2.28. The van der Waals surface area contributed by atoms with Crippen LogP contribution in [0.2, 0.25) is 0 Å². The molecule has 22 heavy (non-hydrogen) atoms. The van der Waals surface area contributed by atoms with E-state index in [1.54, 1.807) is 0 Å². The Labute approximate surface area is 127 Å². The van der Waals surface area contributed by atoms with Gasteiger partial charge in [-0.15, -0.1) is 0 Å². The lowest BCUT2D eigenvalue weighted by atomic mass is 10.5. The minimum Gasteiger partial charge on any atom is -0.297 e. The summed E-state index contributed by atoms with van der Waals surface area (Å²) in [4.78, 5) is 24.4. The van der Waals surface area contributed by atoms with Crippen LogP contribution in [0.15, 0.2) is 34.0 Å². The fourth-order valence-electron chi connectivity index (χ4n) is 1.41. The van der Waals surface area contributed by atoms with Gasteiger partial charge < -0.3 is 0 Å². The molecule has 0 aliphatic carbocycles. The van der Waals surface area contributed by atoms with Crippen LogP contribution in [0.3, 0.4) is 0 Å². The smallest absolute Gasteiger partial charge is 0.297 e. The van der Waals surface area contributed by atoms with Gasteiger partial charge in [-0.05, 0) is 9.13 Å². The molecule has 0 amide bonds. The number of nitrogens with zero attached hydrogens (tertiary/aromatic N) is 1. The largest absolute Gasteiger partial charge is 0.513 e. The first-order valence-corrected chi connectivity index (χ1v) is 10.9. The summed E-state index contributed by atoms with van der Waals surface area (Å²) in [7, 11) is -8.15.